The fourth-order valence-corrected chi connectivity index (χ4v) is 3.63. The van der Waals surface area contributed by atoms with Gasteiger partial charge in [0.15, 0.2) is 0 Å². The second-order valence-electron chi connectivity index (χ2n) is 5.41. The highest BCUT2D eigenvalue weighted by molar-refractivity contribution is 6.03. The number of esters is 1. The first-order chi connectivity index (χ1) is 8.50. The van der Waals surface area contributed by atoms with E-state index in [0.29, 0.717) is 5.70 Å². The standard InChI is InChI=1S/C13H16FNO3/c1-13(14)10-8-6-4-3-5-7(8)9(11(16)18-2)15(10)12(13)17/h8,10H,3-6H2,1-2H3/t8?,10?,13-/m1/s1. The second-order valence-corrected chi connectivity index (χ2v) is 5.41. The number of amides is 1. The van der Waals surface area contributed by atoms with Crippen molar-refractivity contribution >= 4 is 11.9 Å². The molecule has 0 aromatic heterocycles. The Hall–Kier alpha value is -1.39. The number of methoxy groups -OCH3 is 1. The summed E-state index contributed by atoms with van der Waals surface area (Å²) < 4.78 is 19.0. The third-order valence-electron chi connectivity index (χ3n) is 4.43. The summed E-state index contributed by atoms with van der Waals surface area (Å²) in [5, 5.41) is 0. The van der Waals surface area contributed by atoms with Gasteiger partial charge in [-0.1, -0.05) is 6.42 Å². The van der Waals surface area contributed by atoms with Crippen LogP contribution in [0.2, 0.25) is 0 Å². The van der Waals surface area contributed by atoms with E-state index in [1.54, 1.807) is 0 Å². The molecule has 3 aliphatic rings. The zero-order chi connectivity index (χ0) is 13.1. The molecule has 5 heteroatoms. The van der Waals surface area contributed by atoms with Crippen molar-refractivity contribution in [2.45, 2.75) is 44.3 Å². The maximum absolute atomic E-state index is 14.3. The average Bonchev–Trinajstić information content (AvgIpc) is 2.70. The highest BCUT2D eigenvalue weighted by Gasteiger charge is 2.67. The zero-order valence-corrected chi connectivity index (χ0v) is 10.5. The Bertz CT molecular complexity index is 469. The zero-order valence-electron chi connectivity index (χ0n) is 10.5. The summed E-state index contributed by atoms with van der Waals surface area (Å²) in [6.45, 7) is 1.32. The fraction of sp³-hybridized carbons (Fsp3) is 0.692. The van der Waals surface area contributed by atoms with E-state index in [1.807, 2.05) is 0 Å². The highest BCUT2D eigenvalue weighted by atomic mass is 19.1. The molecule has 1 saturated heterocycles. The Balaban J connectivity index is 2.05. The SMILES string of the molecule is COC(=O)C1=C2CCCCC2C2N1C(=O)[C@]2(C)F. The van der Waals surface area contributed by atoms with E-state index in [4.69, 9.17) is 4.74 Å². The molecule has 0 bridgehead atoms. The van der Waals surface area contributed by atoms with Crippen molar-refractivity contribution in [1.29, 1.82) is 0 Å². The molecule has 2 heterocycles. The van der Waals surface area contributed by atoms with Crippen LogP contribution in [0.15, 0.2) is 11.3 Å². The summed E-state index contributed by atoms with van der Waals surface area (Å²) in [6, 6.07) is -0.491. The average molecular weight is 253 g/mol. The molecule has 1 saturated carbocycles. The monoisotopic (exact) mass is 253 g/mol. The third kappa shape index (κ3) is 1.19. The van der Waals surface area contributed by atoms with Crippen LogP contribution in [0, 0.1) is 5.92 Å². The number of β-lactam (4-membered cyclic amide) rings is 1. The molecule has 1 amide bonds. The molecule has 1 aliphatic carbocycles. The minimum Gasteiger partial charge on any atom is -0.464 e. The normalized spacial score (nSPS) is 38.2. The molecular weight excluding hydrogens is 237 g/mol. The van der Waals surface area contributed by atoms with E-state index in [2.05, 4.69) is 0 Å². The number of ether oxygens (including phenoxy) is 1. The van der Waals surface area contributed by atoms with E-state index in [0.717, 1.165) is 31.3 Å². The largest absolute Gasteiger partial charge is 0.464 e. The van der Waals surface area contributed by atoms with Crippen molar-refractivity contribution in [1.82, 2.24) is 4.90 Å². The number of carbonyl (C=O) groups excluding carboxylic acids is 2. The van der Waals surface area contributed by atoms with Crippen LogP contribution in [0.25, 0.3) is 0 Å². The van der Waals surface area contributed by atoms with Gasteiger partial charge in [-0.3, -0.25) is 9.69 Å². The molecule has 0 radical (unpaired) electrons. The quantitative estimate of drug-likeness (QED) is 0.526. The molecule has 2 fully saturated rings. The molecule has 0 N–H and O–H groups in total. The van der Waals surface area contributed by atoms with Crippen molar-refractivity contribution in [3.8, 4) is 0 Å². The first-order valence-corrected chi connectivity index (χ1v) is 6.34. The molecule has 3 atom stereocenters. The minimum atomic E-state index is -1.83. The van der Waals surface area contributed by atoms with E-state index in [-0.39, 0.29) is 5.92 Å². The number of carbonyl (C=O) groups is 2. The Labute approximate surface area is 105 Å². The molecule has 0 aromatic rings. The molecule has 0 aromatic carbocycles. The van der Waals surface area contributed by atoms with E-state index >= 15 is 0 Å². The molecule has 98 valence electrons. The van der Waals surface area contributed by atoms with Crippen molar-refractivity contribution in [2.24, 2.45) is 5.92 Å². The predicted octanol–water partition coefficient (Wildman–Crippen LogP) is 1.56. The van der Waals surface area contributed by atoms with Crippen LogP contribution in [0.3, 0.4) is 0 Å². The first kappa shape index (κ1) is 11.7. The van der Waals surface area contributed by atoms with Crippen molar-refractivity contribution < 1.29 is 18.7 Å². The summed E-state index contributed by atoms with van der Waals surface area (Å²) in [4.78, 5) is 25.0. The minimum absolute atomic E-state index is 0.000509. The van der Waals surface area contributed by atoms with Gasteiger partial charge in [-0.05, 0) is 31.8 Å². The van der Waals surface area contributed by atoms with Gasteiger partial charge >= 0.3 is 5.97 Å². The van der Waals surface area contributed by atoms with Crippen LogP contribution in [-0.2, 0) is 14.3 Å². The van der Waals surface area contributed by atoms with E-state index < -0.39 is 23.6 Å². The lowest BCUT2D eigenvalue weighted by molar-refractivity contribution is -0.172. The molecule has 3 rings (SSSR count). The van der Waals surface area contributed by atoms with Crippen LogP contribution in [0.5, 0.6) is 0 Å². The topological polar surface area (TPSA) is 46.6 Å². The van der Waals surface area contributed by atoms with Crippen LogP contribution in [0.4, 0.5) is 4.39 Å². The number of hydrogen-bond acceptors (Lipinski definition) is 3. The number of fused-ring (bicyclic) bond motifs is 3. The van der Waals surface area contributed by atoms with Crippen LogP contribution in [-0.4, -0.2) is 35.6 Å². The van der Waals surface area contributed by atoms with Gasteiger partial charge in [0.2, 0.25) is 5.67 Å². The molecule has 0 spiro atoms. The van der Waals surface area contributed by atoms with Crippen molar-refractivity contribution in [3.05, 3.63) is 11.3 Å². The van der Waals surface area contributed by atoms with Gasteiger partial charge in [0.05, 0.1) is 13.2 Å². The molecule has 2 unspecified atom stereocenters. The number of halogens is 1. The van der Waals surface area contributed by atoms with E-state index in [9.17, 15) is 14.0 Å². The maximum atomic E-state index is 14.3. The van der Waals surface area contributed by atoms with Crippen molar-refractivity contribution in [2.75, 3.05) is 7.11 Å². The Kier molecular flexibility index (Phi) is 2.31. The number of nitrogens with zero attached hydrogens (tertiary/aromatic N) is 1. The number of rotatable bonds is 1. The maximum Gasteiger partial charge on any atom is 0.354 e. The third-order valence-corrected chi connectivity index (χ3v) is 4.43. The smallest absolute Gasteiger partial charge is 0.354 e. The first-order valence-electron chi connectivity index (χ1n) is 6.34. The molecule has 4 nitrogen and oxygen atoms in total. The van der Waals surface area contributed by atoms with Gasteiger partial charge < -0.3 is 4.74 Å². The summed E-state index contributed by atoms with van der Waals surface area (Å²) in [5.74, 6) is -1.11. The van der Waals surface area contributed by atoms with Gasteiger partial charge in [0.25, 0.3) is 5.91 Å². The lowest BCUT2D eigenvalue weighted by Gasteiger charge is -2.48. The van der Waals surface area contributed by atoms with Gasteiger partial charge in [0, 0.05) is 5.92 Å². The summed E-state index contributed by atoms with van der Waals surface area (Å²) in [6.07, 6.45) is 3.64. The number of alkyl halides is 1. The van der Waals surface area contributed by atoms with Gasteiger partial charge in [-0.15, -0.1) is 0 Å². The van der Waals surface area contributed by atoms with Gasteiger partial charge in [0.1, 0.15) is 5.70 Å². The Morgan fingerprint density at radius 3 is 2.89 bits per heavy atom. The number of hydrogen-bond donors (Lipinski definition) is 0. The van der Waals surface area contributed by atoms with Crippen LogP contribution in [0.1, 0.15) is 32.6 Å². The second kappa shape index (κ2) is 3.56. The molecular formula is C13H16FNO3. The lowest BCUT2D eigenvalue weighted by atomic mass is 9.73. The van der Waals surface area contributed by atoms with E-state index in [1.165, 1.54) is 18.9 Å². The van der Waals surface area contributed by atoms with Gasteiger partial charge in [-0.2, -0.15) is 0 Å². The summed E-state index contributed by atoms with van der Waals surface area (Å²) in [5.41, 5.74) is -0.594. The fourth-order valence-electron chi connectivity index (χ4n) is 3.63. The van der Waals surface area contributed by atoms with Crippen LogP contribution >= 0.6 is 0 Å². The molecule has 2 aliphatic heterocycles. The lowest BCUT2D eigenvalue weighted by Crippen LogP contribution is -2.70. The predicted molar refractivity (Wildman–Crippen MR) is 61.1 cm³/mol. The van der Waals surface area contributed by atoms with Gasteiger partial charge in [-0.25, -0.2) is 9.18 Å². The van der Waals surface area contributed by atoms with Crippen LogP contribution < -0.4 is 0 Å². The molecule has 18 heavy (non-hydrogen) atoms. The summed E-state index contributed by atoms with van der Waals surface area (Å²) in [7, 11) is 1.29. The Morgan fingerprint density at radius 2 is 2.22 bits per heavy atom. The summed E-state index contributed by atoms with van der Waals surface area (Å²) >= 11 is 0. The van der Waals surface area contributed by atoms with Crippen molar-refractivity contribution in [3.63, 3.8) is 0 Å². The highest BCUT2D eigenvalue weighted by Crippen LogP contribution is 2.54. The Morgan fingerprint density at radius 1 is 1.50 bits per heavy atom.